The summed E-state index contributed by atoms with van der Waals surface area (Å²) in [5.41, 5.74) is 3.38. The minimum atomic E-state index is 0.613. The van der Waals surface area contributed by atoms with Crippen LogP contribution in [0.5, 0.6) is 0 Å². The van der Waals surface area contributed by atoms with Gasteiger partial charge in [0.05, 0.1) is 11.7 Å². The third-order valence-electron chi connectivity index (χ3n) is 5.51. The third kappa shape index (κ3) is 3.26. The summed E-state index contributed by atoms with van der Waals surface area (Å²) >= 11 is 0. The largest absolute Gasteiger partial charge is 0.353 e. The van der Waals surface area contributed by atoms with Crippen molar-refractivity contribution < 1.29 is 0 Å². The maximum absolute atomic E-state index is 5.07. The predicted octanol–water partition coefficient (Wildman–Crippen LogP) is 2.95. The van der Waals surface area contributed by atoms with Gasteiger partial charge in [0.25, 0.3) is 0 Å². The Hall–Kier alpha value is -2.80. The Labute approximate surface area is 164 Å². The van der Waals surface area contributed by atoms with Gasteiger partial charge in [0.15, 0.2) is 0 Å². The molecule has 4 heterocycles. The Morgan fingerprint density at radius 3 is 2.86 bits per heavy atom. The highest BCUT2D eigenvalue weighted by Gasteiger charge is 2.29. The predicted molar refractivity (Wildman–Crippen MR) is 112 cm³/mol. The van der Waals surface area contributed by atoms with Crippen molar-refractivity contribution >= 4 is 28.8 Å². The molecular weight excluding hydrogens is 350 g/mol. The summed E-state index contributed by atoms with van der Waals surface area (Å²) in [5.74, 6) is 3.38. The van der Waals surface area contributed by atoms with Crippen molar-refractivity contribution in [3.8, 4) is 0 Å². The number of nitrogens with zero attached hydrogens (tertiary/aromatic N) is 5. The zero-order valence-corrected chi connectivity index (χ0v) is 16.1. The molecule has 3 aromatic heterocycles. The lowest BCUT2D eigenvalue weighted by molar-refractivity contribution is 0.585. The van der Waals surface area contributed by atoms with Crippen LogP contribution in [0.2, 0.25) is 0 Å². The summed E-state index contributed by atoms with van der Waals surface area (Å²) in [4.78, 5) is 24.5. The van der Waals surface area contributed by atoms with E-state index in [9.17, 15) is 0 Å². The van der Waals surface area contributed by atoms with Crippen molar-refractivity contribution in [2.24, 2.45) is 4.99 Å². The van der Waals surface area contributed by atoms with Gasteiger partial charge in [-0.1, -0.05) is 0 Å². The monoisotopic (exact) mass is 375 g/mol. The number of rotatable bonds is 5. The van der Waals surface area contributed by atoms with E-state index >= 15 is 0 Å². The fraction of sp³-hybridized carbons (Fsp3) is 0.429. The normalized spacial score (nSPS) is 17.7. The molecule has 0 radical (unpaired) electrons. The zero-order valence-electron chi connectivity index (χ0n) is 16.1. The van der Waals surface area contributed by atoms with Gasteiger partial charge in [-0.15, -0.1) is 0 Å². The highest BCUT2D eigenvalue weighted by Crippen LogP contribution is 2.44. The molecule has 0 aromatic carbocycles. The third-order valence-corrected chi connectivity index (χ3v) is 5.51. The molecule has 1 saturated carbocycles. The van der Waals surface area contributed by atoms with Crippen molar-refractivity contribution in [2.75, 3.05) is 31.1 Å². The molecule has 0 unspecified atom stereocenters. The van der Waals surface area contributed by atoms with Gasteiger partial charge in [0, 0.05) is 62.2 Å². The molecule has 0 bridgehead atoms. The topological polar surface area (TPSA) is 82.1 Å². The van der Waals surface area contributed by atoms with E-state index in [1.165, 1.54) is 23.8 Å². The fourth-order valence-corrected chi connectivity index (χ4v) is 3.98. The van der Waals surface area contributed by atoms with Crippen LogP contribution in [0.15, 0.2) is 29.6 Å². The van der Waals surface area contributed by atoms with Gasteiger partial charge in [0.2, 0.25) is 0 Å². The average Bonchev–Trinajstić information content (AvgIpc) is 3.49. The number of nitrogens with one attached hydrogen (secondary N) is 2. The Morgan fingerprint density at radius 2 is 2.07 bits per heavy atom. The van der Waals surface area contributed by atoms with Crippen LogP contribution in [0.3, 0.4) is 0 Å². The quantitative estimate of drug-likeness (QED) is 0.670. The second-order valence-electron chi connectivity index (χ2n) is 7.51. The van der Waals surface area contributed by atoms with Gasteiger partial charge in [-0.05, 0) is 37.3 Å². The molecule has 0 amide bonds. The number of H-pyrrole nitrogens is 1. The Kier molecular flexibility index (Phi) is 4.52. The molecule has 3 aromatic rings. The number of hydrogen-bond acceptors (Lipinski definition) is 6. The molecule has 28 heavy (non-hydrogen) atoms. The minimum absolute atomic E-state index is 0.613. The van der Waals surface area contributed by atoms with Crippen LogP contribution in [0.1, 0.15) is 42.6 Å². The van der Waals surface area contributed by atoms with E-state index in [1.54, 1.807) is 6.21 Å². The average molecular weight is 375 g/mol. The molecule has 2 N–H and O–H groups in total. The minimum Gasteiger partial charge on any atom is -0.353 e. The Balaban J connectivity index is 1.61. The van der Waals surface area contributed by atoms with Crippen LogP contribution in [0.4, 0.5) is 11.6 Å². The zero-order chi connectivity index (χ0) is 18.9. The number of hydrogen-bond donors (Lipinski definition) is 2. The second-order valence-corrected chi connectivity index (χ2v) is 7.51. The van der Waals surface area contributed by atoms with E-state index in [0.717, 1.165) is 54.7 Å². The summed E-state index contributed by atoms with van der Waals surface area (Å²) in [6.07, 6.45) is 10.8. The molecule has 0 spiro atoms. The van der Waals surface area contributed by atoms with E-state index in [4.69, 9.17) is 9.97 Å². The molecule has 7 nitrogen and oxygen atoms in total. The van der Waals surface area contributed by atoms with E-state index < -0.39 is 0 Å². The standard InChI is InChI=1S/C21H25N7/c1-2-24-20-15(5-6-25-20)11-18-26-17-13-23-12-16(14-3-4-14)19(17)21(27-18)28-9-7-22-8-10-28/h2,5-6,12-14,22,25H,3-4,7-11H2,1H3. The van der Waals surface area contributed by atoms with Crippen LogP contribution >= 0.6 is 0 Å². The van der Waals surface area contributed by atoms with Crippen LogP contribution < -0.4 is 10.2 Å². The molecular formula is C21H25N7. The molecule has 0 atom stereocenters. The SMILES string of the molecule is CC=Nc1[nH]ccc1Cc1nc(N2CCNCC2)c2c(C3CC3)cncc2n1. The van der Waals surface area contributed by atoms with Crippen molar-refractivity contribution in [1.29, 1.82) is 0 Å². The summed E-state index contributed by atoms with van der Waals surface area (Å²) in [5, 5.41) is 4.64. The number of aromatic nitrogens is 4. The maximum atomic E-state index is 5.07. The smallest absolute Gasteiger partial charge is 0.140 e. The van der Waals surface area contributed by atoms with Crippen molar-refractivity contribution in [3.05, 3.63) is 41.6 Å². The molecule has 1 saturated heterocycles. The number of anilines is 1. The molecule has 144 valence electrons. The lowest BCUT2D eigenvalue weighted by atomic mass is 10.1. The van der Waals surface area contributed by atoms with Gasteiger partial charge >= 0.3 is 0 Å². The van der Waals surface area contributed by atoms with Crippen molar-refractivity contribution in [2.45, 2.75) is 32.1 Å². The fourth-order valence-electron chi connectivity index (χ4n) is 3.98. The summed E-state index contributed by atoms with van der Waals surface area (Å²) in [7, 11) is 0. The van der Waals surface area contributed by atoms with E-state index in [1.807, 2.05) is 25.5 Å². The molecule has 5 rings (SSSR count). The van der Waals surface area contributed by atoms with Gasteiger partial charge in [-0.3, -0.25) is 4.98 Å². The Bertz CT molecular complexity index is 1010. The molecule has 2 aliphatic rings. The maximum Gasteiger partial charge on any atom is 0.140 e. The highest BCUT2D eigenvalue weighted by atomic mass is 15.2. The second kappa shape index (κ2) is 7.31. The van der Waals surface area contributed by atoms with Crippen LogP contribution in [-0.2, 0) is 6.42 Å². The van der Waals surface area contributed by atoms with Crippen molar-refractivity contribution in [1.82, 2.24) is 25.3 Å². The summed E-state index contributed by atoms with van der Waals surface area (Å²) in [6.45, 7) is 5.82. The lowest BCUT2D eigenvalue weighted by Gasteiger charge is -2.30. The molecule has 7 heteroatoms. The molecule has 1 aliphatic heterocycles. The lowest BCUT2D eigenvalue weighted by Crippen LogP contribution is -2.44. The first-order valence-corrected chi connectivity index (χ1v) is 10.1. The van der Waals surface area contributed by atoms with Crippen LogP contribution in [0, 0.1) is 0 Å². The van der Waals surface area contributed by atoms with Gasteiger partial charge in [-0.25, -0.2) is 15.0 Å². The van der Waals surface area contributed by atoms with E-state index in [0.29, 0.717) is 12.3 Å². The van der Waals surface area contributed by atoms with Gasteiger partial charge < -0.3 is 15.2 Å². The van der Waals surface area contributed by atoms with Crippen molar-refractivity contribution in [3.63, 3.8) is 0 Å². The summed E-state index contributed by atoms with van der Waals surface area (Å²) in [6, 6.07) is 2.05. The first-order valence-electron chi connectivity index (χ1n) is 10.1. The van der Waals surface area contributed by atoms with Crippen LogP contribution in [0.25, 0.3) is 10.9 Å². The molecule has 1 aliphatic carbocycles. The van der Waals surface area contributed by atoms with Gasteiger partial charge in [0.1, 0.15) is 17.5 Å². The first kappa shape index (κ1) is 17.3. The molecule has 2 fully saturated rings. The van der Waals surface area contributed by atoms with Crippen LogP contribution in [-0.4, -0.2) is 52.3 Å². The number of fused-ring (bicyclic) bond motifs is 1. The van der Waals surface area contributed by atoms with E-state index in [-0.39, 0.29) is 0 Å². The first-order chi connectivity index (χ1) is 13.8. The number of piperazine rings is 1. The summed E-state index contributed by atoms with van der Waals surface area (Å²) < 4.78 is 0. The number of aromatic amines is 1. The number of aliphatic imine (C=N–C) groups is 1. The number of pyridine rings is 1. The Morgan fingerprint density at radius 1 is 1.21 bits per heavy atom. The highest BCUT2D eigenvalue weighted by molar-refractivity contribution is 5.92. The van der Waals surface area contributed by atoms with E-state index in [2.05, 4.69) is 31.2 Å². The van der Waals surface area contributed by atoms with Gasteiger partial charge in [-0.2, -0.15) is 0 Å².